The third-order valence-electron chi connectivity index (χ3n) is 10.2. The van der Waals surface area contributed by atoms with E-state index in [4.69, 9.17) is 9.47 Å². The summed E-state index contributed by atoms with van der Waals surface area (Å²) < 4.78 is 54.1. The molecule has 0 radical (unpaired) electrons. The number of fused-ring (bicyclic) bond motifs is 3. The maximum absolute atomic E-state index is 15.1. The van der Waals surface area contributed by atoms with Crippen LogP contribution >= 0.6 is 0 Å². The van der Waals surface area contributed by atoms with Crippen LogP contribution in [-0.2, 0) is 24.4 Å². The number of pyridine rings is 1. The number of benzene rings is 1. The lowest BCUT2D eigenvalue weighted by molar-refractivity contribution is -0.142. The zero-order chi connectivity index (χ0) is 36.0. The number of hydrogen-bond donors (Lipinski definition) is 4. The summed E-state index contributed by atoms with van der Waals surface area (Å²) in [5.74, 6) is -3.55. The lowest BCUT2D eigenvalue weighted by Crippen LogP contribution is -2.59. The molecule has 7 atom stereocenters. The summed E-state index contributed by atoms with van der Waals surface area (Å²) in [6.07, 6.45) is 5.68. The number of amides is 4. The van der Waals surface area contributed by atoms with Crippen molar-refractivity contribution in [3.8, 4) is 11.6 Å². The predicted octanol–water partition coefficient (Wildman–Crippen LogP) is 2.86. The summed E-state index contributed by atoms with van der Waals surface area (Å²) in [4.78, 5) is 59.5. The number of carboxylic acid groups (broad SMARTS) is 1. The van der Waals surface area contributed by atoms with Gasteiger partial charge < -0.3 is 30.1 Å². The summed E-state index contributed by atoms with van der Waals surface area (Å²) in [6, 6.07) is 2.06. The lowest BCUT2D eigenvalue weighted by atomic mass is 9.88. The number of nitrogens with zero attached hydrogens (tertiary/aromatic N) is 2. The van der Waals surface area contributed by atoms with Crippen molar-refractivity contribution in [2.45, 2.75) is 87.8 Å². The SMILES string of the molecule is COc1ccc2c(O[C@@H]3C[C@H]4C(=O)N[C@]5(C(=O)NS(=O)(=O)C6CC6)C[C@H]5/C=C\CC[C@H](C)C[C@@H](C)[C@H](NC(=O)O)C(=O)N4C3)nccc2c1F. The van der Waals surface area contributed by atoms with Gasteiger partial charge in [-0.15, -0.1) is 0 Å². The number of allylic oxidation sites excluding steroid dienone is 1. The van der Waals surface area contributed by atoms with Gasteiger partial charge in [0.1, 0.15) is 23.7 Å². The maximum Gasteiger partial charge on any atom is 0.405 e. The van der Waals surface area contributed by atoms with E-state index in [2.05, 4.69) is 20.3 Å². The molecule has 3 heterocycles. The van der Waals surface area contributed by atoms with E-state index in [1.54, 1.807) is 13.0 Å². The van der Waals surface area contributed by atoms with Gasteiger partial charge >= 0.3 is 6.09 Å². The molecular formula is C34H42FN5O9S. The van der Waals surface area contributed by atoms with E-state index in [9.17, 15) is 32.7 Å². The molecule has 0 bridgehead atoms. The van der Waals surface area contributed by atoms with Gasteiger partial charge in [0.05, 0.1) is 18.9 Å². The molecule has 2 aliphatic heterocycles. The Bertz CT molecular complexity index is 1840. The Morgan fingerprint density at radius 1 is 1.12 bits per heavy atom. The van der Waals surface area contributed by atoms with Gasteiger partial charge in [0.15, 0.2) is 11.6 Å². The van der Waals surface area contributed by atoms with Crippen LogP contribution in [0.3, 0.4) is 0 Å². The number of halogens is 1. The molecule has 1 saturated heterocycles. The van der Waals surface area contributed by atoms with Gasteiger partial charge in [-0.2, -0.15) is 0 Å². The fraction of sp³-hybridized carbons (Fsp3) is 0.559. The molecule has 4 aliphatic rings. The van der Waals surface area contributed by atoms with Crippen LogP contribution in [0.2, 0.25) is 0 Å². The highest BCUT2D eigenvalue weighted by Gasteiger charge is 2.62. The van der Waals surface area contributed by atoms with Crippen molar-refractivity contribution in [3.63, 3.8) is 0 Å². The summed E-state index contributed by atoms with van der Waals surface area (Å²) in [6.45, 7) is 3.64. The predicted molar refractivity (Wildman–Crippen MR) is 178 cm³/mol. The second-order valence-electron chi connectivity index (χ2n) is 14.0. The number of rotatable bonds is 7. The molecular weight excluding hydrogens is 673 g/mol. The zero-order valence-corrected chi connectivity index (χ0v) is 28.9. The Morgan fingerprint density at radius 2 is 1.88 bits per heavy atom. The number of carbonyl (C=O) groups excluding carboxylic acids is 3. The van der Waals surface area contributed by atoms with Crippen molar-refractivity contribution in [3.05, 3.63) is 42.4 Å². The first-order valence-electron chi connectivity index (χ1n) is 16.9. The van der Waals surface area contributed by atoms with Crippen LogP contribution in [0, 0.1) is 23.6 Å². The highest BCUT2D eigenvalue weighted by molar-refractivity contribution is 7.91. The second kappa shape index (κ2) is 13.7. The molecule has 3 fully saturated rings. The van der Waals surface area contributed by atoms with Crippen molar-refractivity contribution in [2.24, 2.45) is 17.8 Å². The molecule has 14 nitrogen and oxygen atoms in total. The van der Waals surface area contributed by atoms with E-state index in [1.165, 1.54) is 30.3 Å². The summed E-state index contributed by atoms with van der Waals surface area (Å²) in [7, 11) is -2.58. The van der Waals surface area contributed by atoms with Gasteiger partial charge in [-0.1, -0.05) is 26.0 Å². The van der Waals surface area contributed by atoms with E-state index >= 15 is 4.39 Å². The normalized spacial score (nSPS) is 30.9. The summed E-state index contributed by atoms with van der Waals surface area (Å²) >= 11 is 0. The average Bonchev–Trinajstić information content (AvgIpc) is 3.99. The van der Waals surface area contributed by atoms with E-state index < -0.39 is 80.5 Å². The Morgan fingerprint density at radius 3 is 2.58 bits per heavy atom. The van der Waals surface area contributed by atoms with Crippen LogP contribution in [0.1, 0.15) is 58.8 Å². The van der Waals surface area contributed by atoms with Crippen LogP contribution in [0.25, 0.3) is 10.8 Å². The molecule has 2 saturated carbocycles. The number of nitrogens with one attached hydrogen (secondary N) is 3. The smallest absolute Gasteiger partial charge is 0.405 e. The minimum atomic E-state index is -3.92. The summed E-state index contributed by atoms with van der Waals surface area (Å²) in [5.41, 5.74) is -1.56. The van der Waals surface area contributed by atoms with Crippen molar-refractivity contribution >= 4 is 44.6 Å². The first-order chi connectivity index (χ1) is 23.7. The molecule has 2 aliphatic carbocycles. The molecule has 4 N–H and O–H groups in total. The minimum absolute atomic E-state index is 0.0280. The molecule has 0 spiro atoms. The second-order valence-corrected chi connectivity index (χ2v) is 15.9. The van der Waals surface area contributed by atoms with Gasteiger partial charge in [0.2, 0.25) is 27.7 Å². The highest BCUT2D eigenvalue weighted by Crippen LogP contribution is 2.46. The first kappa shape index (κ1) is 35.4. The number of ether oxygens (including phenoxy) is 2. The molecule has 6 rings (SSSR count). The Kier molecular flexibility index (Phi) is 9.68. The Labute approximate surface area is 289 Å². The van der Waals surface area contributed by atoms with Crippen molar-refractivity contribution in [2.75, 3.05) is 13.7 Å². The highest BCUT2D eigenvalue weighted by atomic mass is 32.2. The minimum Gasteiger partial charge on any atom is -0.494 e. The maximum atomic E-state index is 15.1. The van der Waals surface area contributed by atoms with Crippen LogP contribution in [0.4, 0.5) is 9.18 Å². The Hall–Kier alpha value is -4.47. The number of hydrogen-bond acceptors (Lipinski definition) is 9. The molecule has 50 heavy (non-hydrogen) atoms. The quantitative estimate of drug-likeness (QED) is 0.310. The molecule has 16 heteroatoms. The van der Waals surface area contributed by atoms with Crippen LogP contribution in [0.15, 0.2) is 36.5 Å². The van der Waals surface area contributed by atoms with Gasteiger partial charge in [0.25, 0.3) is 5.91 Å². The average molecular weight is 716 g/mol. The fourth-order valence-corrected chi connectivity index (χ4v) is 8.58. The van der Waals surface area contributed by atoms with E-state index in [-0.39, 0.29) is 42.3 Å². The molecule has 0 unspecified atom stereocenters. The molecule has 4 amide bonds. The van der Waals surface area contributed by atoms with Crippen molar-refractivity contribution in [1.82, 2.24) is 25.2 Å². The number of methoxy groups -OCH3 is 1. The van der Waals surface area contributed by atoms with Gasteiger partial charge in [-0.05, 0) is 68.6 Å². The standard InChI is InChI=1S/C34H42FN5O9S/c1-18-6-4-5-7-20-16-34(20,32(43)39-50(46,47)22-8-9-22)38-29(41)25-15-21(17-40(25)31(42)28(19(2)14-18)37-33(44)45)49-30-24-10-11-26(48-3)27(35)23(24)12-13-36-30/h5,7,10-13,18-22,25,28,37H,4,6,8-9,14-17H2,1-3H3,(H,38,41)(H,39,43)(H,44,45)/b7-5-/t18-,19+,20+,21+,25-,28-,34+/m0/s1. The van der Waals surface area contributed by atoms with Crippen LogP contribution < -0.4 is 24.8 Å². The zero-order valence-electron chi connectivity index (χ0n) is 28.1. The third-order valence-corrected chi connectivity index (χ3v) is 12.0. The van der Waals surface area contributed by atoms with E-state index in [0.717, 1.165) is 6.42 Å². The van der Waals surface area contributed by atoms with Crippen LogP contribution in [-0.4, -0.2) is 89.9 Å². The van der Waals surface area contributed by atoms with Crippen LogP contribution in [0.5, 0.6) is 11.6 Å². The number of aromatic nitrogens is 1. The molecule has 270 valence electrons. The van der Waals surface area contributed by atoms with Gasteiger partial charge in [0, 0.05) is 29.3 Å². The molecule has 2 aromatic rings. The van der Waals surface area contributed by atoms with Crippen molar-refractivity contribution in [1.29, 1.82) is 0 Å². The summed E-state index contributed by atoms with van der Waals surface area (Å²) in [5, 5.41) is 14.7. The van der Waals surface area contributed by atoms with Gasteiger partial charge in [-0.25, -0.2) is 22.6 Å². The monoisotopic (exact) mass is 715 g/mol. The number of sulfonamides is 1. The van der Waals surface area contributed by atoms with Crippen molar-refractivity contribution < 1.29 is 46.6 Å². The van der Waals surface area contributed by atoms with E-state index in [0.29, 0.717) is 31.1 Å². The molecule has 1 aromatic heterocycles. The first-order valence-corrected chi connectivity index (χ1v) is 18.4. The fourth-order valence-electron chi connectivity index (χ4n) is 7.21. The topological polar surface area (TPSA) is 193 Å². The third kappa shape index (κ3) is 7.07. The molecule has 1 aromatic carbocycles. The lowest BCUT2D eigenvalue weighted by Gasteiger charge is -2.32. The van der Waals surface area contributed by atoms with E-state index in [1.807, 2.05) is 19.1 Å². The largest absolute Gasteiger partial charge is 0.494 e. The Balaban J connectivity index is 1.34. The number of carbonyl (C=O) groups is 4. The van der Waals surface area contributed by atoms with Gasteiger partial charge in [-0.3, -0.25) is 19.1 Å².